The smallest absolute Gasteiger partial charge is 0.299 e. The van der Waals surface area contributed by atoms with Crippen molar-refractivity contribution in [3.8, 4) is 28.6 Å². The Morgan fingerprint density at radius 2 is 1.60 bits per heavy atom. The molecule has 0 spiro atoms. The van der Waals surface area contributed by atoms with Crippen molar-refractivity contribution in [2.45, 2.75) is 44.9 Å². The summed E-state index contributed by atoms with van der Waals surface area (Å²) < 4.78 is 44.4. The van der Waals surface area contributed by atoms with Gasteiger partial charge >= 0.3 is 0 Å². The molecule has 230 valence electrons. The molecule has 12 heteroatoms. The first-order chi connectivity index (χ1) is 20.7. The first kappa shape index (κ1) is 30.7. The minimum absolute atomic E-state index is 0.125. The number of hydrogen-bond acceptors (Lipinski definition) is 8. The summed E-state index contributed by atoms with van der Waals surface area (Å²) in [6, 6.07) is 12.4. The fourth-order valence-corrected chi connectivity index (χ4v) is 6.85. The minimum atomic E-state index is -3.80. The van der Waals surface area contributed by atoms with E-state index in [0.29, 0.717) is 68.2 Å². The molecule has 5 rings (SSSR count). The van der Waals surface area contributed by atoms with Gasteiger partial charge in [0.1, 0.15) is 17.0 Å². The van der Waals surface area contributed by atoms with Crippen LogP contribution in [0.4, 0.5) is 0 Å². The summed E-state index contributed by atoms with van der Waals surface area (Å²) in [5, 5.41) is 4.70. The van der Waals surface area contributed by atoms with Crippen LogP contribution in [0.25, 0.3) is 28.1 Å². The van der Waals surface area contributed by atoms with Crippen LogP contribution in [-0.4, -0.2) is 83.4 Å². The normalized spacial score (nSPS) is 14.8. The maximum absolute atomic E-state index is 13.8. The lowest BCUT2D eigenvalue weighted by atomic mass is 10.1. The van der Waals surface area contributed by atoms with Gasteiger partial charge in [-0.25, -0.2) is 8.42 Å². The molecule has 0 radical (unpaired) electrons. The Balaban J connectivity index is 1.78. The maximum Gasteiger partial charge on any atom is 0.299 e. The number of aryl methyl sites for hydroxylation is 2. The van der Waals surface area contributed by atoms with E-state index in [4.69, 9.17) is 14.6 Å². The average molecular weight is 609 g/mol. The van der Waals surface area contributed by atoms with Crippen LogP contribution < -0.4 is 15.0 Å². The third kappa shape index (κ3) is 6.04. The van der Waals surface area contributed by atoms with Crippen LogP contribution in [-0.2, 0) is 23.5 Å². The molecule has 0 aliphatic carbocycles. The topological polar surface area (TPSA) is 112 Å². The van der Waals surface area contributed by atoms with Crippen molar-refractivity contribution in [2.75, 3.05) is 46.4 Å². The van der Waals surface area contributed by atoms with Crippen molar-refractivity contribution >= 4 is 21.1 Å². The molecule has 3 heterocycles. The predicted octanol–water partition coefficient (Wildman–Crippen LogP) is 3.86. The Labute approximate surface area is 252 Å². The molecule has 2 aromatic carbocycles. The van der Waals surface area contributed by atoms with Gasteiger partial charge in [0, 0.05) is 38.9 Å². The van der Waals surface area contributed by atoms with E-state index in [-0.39, 0.29) is 10.7 Å². The zero-order valence-corrected chi connectivity index (χ0v) is 26.4. The third-order valence-electron chi connectivity index (χ3n) is 7.58. The van der Waals surface area contributed by atoms with Gasteiger partial charge in [-0.05, 0) is 69.3 Å². The van der Waals surface area contributed by atoms with Gasteiger partial charge < -0.3 is 14.4 Å². The van der Waals surface area contributed by atoms with Gasteiger partial charge in [-0.15, -0.1) is 0 Å². The SMILES string of the molecule is CCCOc1ccc(-n2c(-c3cc(S(=O)(=O)N4CCN(C)CC4)ccc3OCC)nc(=O)c3c2c(CCC)nn3C)cc1. The highest BCUT2D eigenvalue weighted by atomic mass is 32.2. The number of sulfonamides is 1. The van der Waals surface area contributed by atoms with Crippen LogP contribution >= 0.6 is 0 Å². The molecule has 2 aromatic heterocycles. The van der Waals surface area contributed by atoms with Gasteiger partial charge in [-0.3, -0.25) is 14.0 Å². The van der Waals surface area contributed by atoms with E-state index >= 15 is 0 Å². The number of nitrogens with zero attached hydrogens (tertiary/aromatic N) is 6. The molecule has 4 aromatic rings. The zero-order valence-electron chi connectivity index (χ0n) is 25.5. The highest BCUT2D eigenvalue weighted by molar-refractivity contribution is 7.89. The second kappa shape index (κ2) is 12.9. The van der Waals surface area contributed by atoms with Crippen molar-refractivity contribution in [3.63, 3.8) is 0 Å². The van der Waals surface area contributed by atoms with Crippen LogP contribution in [0.2, 0.25) is 0 Å². The number of likely N-dealkylation sites (N-methyl/N-ethyl adjacent to an activating group) is 1. The highest BCUT2D eigenvalue weighted by Crippen LogP contribution is 2.36. The summed E-state index contributed by atoms with van der Waals surface area (Å²) in [7, 11) is -0.0809. The summed E-state index contributed by atoms with van der Waals surface area (Å²) in [6.45, 7) is 9.03. The minimum Gasteiger partial charge on any atom is -0.494 e. The van der Waals surface area contributed by atoms with Gasteiger partial charge in [0.25, 0.3) is 5.56 Å². The lowest BCUT2D eigenvalue weighted by molar-refractivity contribution is 0.222. The molecule has 43 heavy (non-hydrogen) atoms. The Hall–Kier alpha value is -3.74. The van der Waals surface area contributed by atoms with Crippen LogP contribution in [0, 0.1) is 0 Å². The Morgan fingerprint density at radius 1 is 0.884 bits per heavy atom. The molecule has 0 atom stereocenters. The summed E-state index contributed by atoms with van der Waals surface area (Å²) >= 11 is 0. The Kier molecular flexibility index (Phi) is 9.19. The number of benzene rings is 2. The molecular formula is C31H40N6O5S. The van der Waals surface area contributed by atoms with E-state index in [9.17, 15) is 13.2 Å². The molecule has 1 saturated heterocycles. The standard InChI is InChI=1S/C31H40N6O5S/c1-6-9-26-28-29(35(5)33-26)31(38)32-30(37(28)22-10-12-23(13-11-22)42-20-7-2)25-21-24(14-15-27(25)41-8-3)43(39,40)36-18-16-34(4)17-19-36/h10-15,21H,6-9,16-20H2,1-5H3. The summed E-state index contributed by atoms with van der Waals surface area (Å²) in [4.78, 5) is 20.4. The molecule has 11 nitrogen and oxygen atoms in total. The van der Waals surface area contributed by atoms with Gasteiger partial charge in [-0.2, -0.15) is 14.4 Å². The maximum atomic E-state index is 13.8. The van der Waals surface area contributed by atoms with Gasteiger partial charge in [0.2, 0.25) is 10.0 Å². The van der Waals surface area contributed by atoms with Gasteiger partial charge in [-0.1, -0.05) is 20.3 Å². The molecule has 0 amide bonds. The van der Waals surface area contributed by atoms with Crippen LogP contribution in [0.5, 0.6) is 11.5 Å². The Morgan fingerprint density at radius 3 is 2.26 bits per heavy atom. The summed E-state index contributed by atoms with van der Waals surface area (Å²) in [5.41, 5.74) is 2.46. The van der Waals surface area contributed by atoms with Crippen molar-refractivity contribution in [2.24, 2.45) is 7.05 Å². The Bertz CT molecular complexity index is 1760. The molecule has 0 bridgehead atoms. The average Bonchev–Trinajstić information content (AvgIpc) is 3.33. The van der Waals surface area contributed by atoms with E-state index in [1.807, 2.05) is 42.8 Å². The summed E-state index contributed by atoms with van der Waals surface area (Å²) in [5.74, 6) is 1.44. The van der Waals surface area contributed by atoms with Crippen LogP contribution in [0.15, 0.2) is 52.2 Å². The molecule has 0 saturated carbocycles. The van der Waals surface area contributed by atoms with E-state index in [1.165, 1.54) is 4.31 Å². The zero-order chi connectivity index (χ0) is 30.7. The van der Waals surface area contributed by atoms with Crippen LogP contribution in [0.3, 0.4) is 0 Å². The quantitative estimate of drug-likeness (QED) is 0.252. The first-order valence-electron chi connectivity index (χ1n) is 14.9. The lowest BCUT2D eigenvalue weighted by Gasteiger charge is -2.31. The molecular weight excluding hydrogens is 568 g/mol. The van der Waals surface area contributed by atoms with Crippen molar-refractivity contribution < 1.29 is 17.9 Å². The molecule has 1 fully saturated rings. The number of rotatable bonds is 11. The second-order valence-electron chi connectivity index (χ2n) is 10.7. The number of piperazine rings is 1. The number of aromatic nitrogens is 4. The number of hydrogen-bond donors (Lipinski definition) is 0. The second-order valence-corrected chi connectivity index (χ2v) is 12.7. The van der Waals surface area contributed by atoms with E-state index < -0.39 is 15.6 Å². The molecule has 0 unspecified atom stereocenters. The molecule has 1 aliphatic rings. The first-order valence-corrected chi connectivity index (χ1v) is 16.3. The van der Waals surface area contributed by atoms with Crippen molar-refractivity contribution in [3.05, 3.63) is 58.5 Å². The van der Waals surface area contributed by atoms with Gasteiger partial charge in [0.05, 0.1) is 29.4 Å². The van der Waals surface area contributed by atoms with Crippen molar-refractivity contribution in [1.82, 2.24) is 28.5 Å². The fraction of sp³-hybridized carbons (Fsp3) is 0.452. The molecule has 1 aliphatic heterocycles. The summed E-state index contributed by atoms with van der Waals surface area (Å²) in [6.07, 6.45) is 2.36. The third-order valence-corrected chi connectivity index (χ3v) is 9.48. The highest BCUT2D eigenvalue weighted by Gasteiger charge is 2.30. The fourth-order valence-electron chi connectivity index (χ4n) is 5.40. The predicted molar refractivity (Wildman–Crippen MR) is 167 cm³/mol. The number of fused-ring (bicyclic) bond motifs is 1. The van der Waals surface area contributed by atoms with Gasteiger partial charge in [0.15, 0.2) is 11.3 Å². The van der Waals surface area contributed by atoms with E-state index in [0.717, 1.165) is 30.0 Å². The largest absolute Gasteiger partial charge is 0.494 e. The van der Waals surface area contributed by atoms with Crippen molar-refractivity contribution in [1.29, 1.82) is 0 Å². The van der Waals surface area contributed by atoms with Crippen LogP contribution in [0.1, 0.15) is 39.3 Å². The van der Waals surface area contributed by atoms with E-state index in [1.54, 1.807) is 29.9 Å². The van der Waals surface area contributed by atoms with E-state index in [2.05, 4.69) is 23.7 Å². The molecule has 0 N–H and O–H groups in total. The lowest BCUT2D eigenvalue weighted by Crippen LogP contribution is -2.47. The number of ether oxygens (including phenoxy) is 2. The monoisotopic (exact) mass is 608 g/mol.